The number of rotatable bonds is 17. The van der Waals surface area contributed by atoms with Crippen molar-refractivity contribution in [1.82, 2.24) is 20.0 Å². The molecule has 0 aliphatic carbocycles. The lowest BCUT2D eigenvalue weighted by Gasteiger charge is -2.47. The number of hydrogen-bond donors (Lipinski definition) is 3. The Hall–Kier alpha value is -4.08. The Kier molecular flexibility index (Phi) is 14.2. The number of halogens is 1. The number of likely N-dealkylation sites (N-methyl/N-ethyl adjacent to an activating group) is 1. The van der Waals surface area contributed by atoms with Crippen molar-refractivity contribution in [3.05, 3.63) is 74.7 Å². The quantitative estimate of drug-likeness (QED) is 0.133. The van der Waals surface area contributed by atoms with Crippen LogP contribution in [0.2, 0.25) is 0 Å². The van der Waals surface area contributed by atoms with Crippen LogP contribution in [0.25, 0.3) is 0 Å². The van der Waals surface area contributed by atoms with Crippen molar-refractivity contribution in [2.45, 2.75) is 64.5 Å². The molecule has 12 nitrogen and oxygen atoms in total. The number of morpholine rings is 1. The monoisotopic (exact) mass is 779 g/mol. The van der Waals surface area contributed by atoms with Crippen molar-refractivity contribution in [2.24, 2.45) is 0 Å². The molecule has 3 amide bonds. The summed E-state index contributed by atoms with van der Waals surface area (Å²) in [5, 5.41) is 18.0. The molecule has 3 aromatic rings. The molecule has 0 radical (unpaired) electrons. The van der Waals surface area contributed by atoms with Crippen LogP contribution >= 0.6 is 11.3 Å². The molecule has 2 saturated heterocycles. The largest absolute Gasteiger partial charge is 0.506 e. The number of phenols is 1. The molecule has 3 aliphatic heterocycles. The van der Waals surface area contributed by atoms with Gasteiger partial charge in [0.05, 0.1) is 44.0 Å². The van der Waals surface area contributed by atoms with Crippen molar-refractivity contribution in [3.63, 3.8) is 0 Å². The van der Waals surface area contributed by atoms with Gasteiger partial charge in [0, 0.05) is 61.6 Å². The highest BCUT2D eigenvalue weighted by Crippen LogP contribution is 2.39. The maximum Gasteiger partial charge on any atom is 0.262 e. The molecule has 1 aromatic heterocycles. The van der Waals surface area contributed by atoms with Gasteiger partial charge in [0.2, 0.25) is 5.91 Å². The second-order valence-corrected chi connectivity index (χ2v) is 15.4. The number of anilines is 1. The average molecular weight is 780 g/mol. The standard InChI is InChI=1S/C41H54FN5O7S/c1-3-33-24-32(27-55-33)40(51)47-20-23-54-41(28-47)13-17-45(18-14-41)25-31-7-5-6-29(37(31)42)11-21-52-22-12-36(50)46(4-2)19-16-43-15-10-30-8-9-34(48)38-39(30)53-26-35(49)44-38/h5-9,24,27,43,48H,3-4,10-23,25-26,28H2,1-2H3,(H,44,49). The van der Waals surface area contributed by atoms with E-state index in [9.17, 15) is 19.5 Å². The van der Waals surface area contributed by atoms with Crippen molar-refractivity contribution < 1.29 is 38.1 Å². The number of amides is 3. The molecule has 298 valence electrons. The van der Waals surface area contributed by atoms with E-state index >= 15 is 4.39 Å². The topological polar surface area (TPSA) is 133 Å². The van der Waals surface area contributed by atoms with Crippen LogP contribution in [0.4, 0.5) is 10.1 Å². The molecular weight excluding hydrogens is 726 g/mol. The zero-order valence-electron chi connectivity index (χ0n) is 32.0. The number of hydrogen-bond acceptors (Lipinski definition) is 10. The predicted octanol–water partition coefficient (Wildman–Crippen LogP) is 4.62. The summed E-state index contributed by atoms with van der Waals surface area (Å²) >= 11 is 1.63. The lowest BCUT2D eigenvalue weighted by molar-refractivity contribution is -0.132. The first kappa shape index (κ1) is 40.6. The number of nitrogens with zero attached hydrogens (tertiary/aromatic N) is 3. The third kappa shape index (κ3) is 10.4. The van der Waals surface area contributed by atoms with E-state index in [2.05, 4.69) is 22.5 Å². The van der Waals surface area contributed by atoms with Gasteiger partial charge in [-0.3, -0.25) is 19.3 Å². The summed E-state index contributed by atoms with van der Waals surface area (Å²) in [4.78, 5) is 44.9. The number of aryl methyl sites for hydroxylation is 1. The van der Waals surface area contributed by atoms with E-state index in [0.717, 1.165) is 43.5 Å². The van der Waals surface area contributed by atoms with Crippen LogP contribution in [-0.2, 0) is 44.9 Å². The Bertz CT molecular complexity index is 1800. The van der Waals surface area contributed by atoms with Gasteiger partial charge in [0.25, 0.3) is 11.8 Å². The molecule has 3 N–H and O–H groups in total. The Balaban J connectivity index is 0.871. The Labute approximate surface area is 326 Å². The number of thiophene rings is 1. The zero-order chi connectivity index (χ0) is 38.8. The number of nitrogens with one attached hydrogen (secondary N) is 2. The molecule has 0 saturated carbocycles. The molecule has 14 heteroatoms. The van der Waals surface area contributed by atoms with Gasteiger partial charge in [-0.1, -0.05) is 31.2 Å². The molecule has 3 aliphatic rings. The summed E-state index contributed by atoms with van der Waals surface area (Å²) in [6.07, 6.45) is 3.81. The summed E-state index contributed by atoms with van der Waals surface area (Å²) in [5.74, 6) is 0.0424. The van der Waals surface area contributed by atoms with Gasteiger partial charge in [0.1, 0.15) is 17.3 Å². The number of carbonyl (C=O) groups excluding carboxylic acids is 3. The van der Waals surface area contributed by atoms with Crippen LogP contribution < -0.4 is 15.4 Å². The highest BCUT2D eigenvalue weighted by atomic mass is 32.1. The average Bonchev–Trinajstić information content (AvgIpc) is 3.68. The van der Waals surface area contributed by atoms with Gasteiger partial charge >= 0.3 is 0 Å². The first-order valence-corrected chi connectivity index (χ1v) is 20.4. The zero-order valence-corrected chi connectivity index (χ0v) is 32.8. The minimum atomic E-state index is -0.354. The normalized spacial score (nSPS) is 16.8. The second-order valence-electron chi connectivity index (χ2n) is 14.5. The number of fused-ring (bicyclic) bond motifs is 1. The molecule has 2 aromatic carbocycles. The summed E-state index contributed by atoms with van der Waals surface area (Å²) in [6.45, 7) is 10.7. The van der Waals surface area contributed by atoms with Crippen molar-refractivity contribution in [1.29, 1.82) is 0 Å². The van der Waals surface area contributed by atoms with Crippen molar-refractivity contribution in [3.8, 4) is 11.5 Å². The number of aromatic hydroxyl groups is 1. The van der Waals surface area contributed by atoms with E-state index in [-0.39, 0.29) is 54.5 Å². The van der Waals surface area contributed by atoms with Gasteiger partial charge in [-0.25, -0.2) is 4.39 Å². The minimum absolute atomic E-state index is 0.00324. The Morgan fingerprint density at radius 3 is 2.67 bits per heavy atom. The van der Waals surface area contributed by atoms with Gasteiger partial charge < -0.3 is 39.8 Å². The van der Waals surface area contributed by atoms with Gasteiger partial charge in [-0.05, 0) is 68.8 Å². The fraction of sp³-hybridized carbons (Fsp3) is 0.537. The molecule has 0 atom stereocenters. The number of benzene rings is 2. The fourth-order valence-corrected chi connectivity index (χ4v) is 8.33. The number of likely N-dealkylation sites (tertiary alicyclic amines) is 1. The van der Waals surface area contributed by atoms with Gasteiger partial charge in [0.15, 0.2) is 12.4 Å². The Morgan fingerprint density at radius 1 is 1.07 bits per heavy atom. The summed E-state index contributed by atoms with van der Waals surface area (Å²) in [6, 6.07) is 10.9. The minimum Gasteiger partial charge on any atom is -0.506 e. The third-order valence-corrected chi connectivity index (χ3v) is 11.9. The first-order chi connectivity index (χ1) is 26.7. The summed E-state index contributed by atoms with van der Waals surface area (Å²) < 4.78 is 33.3. The van der Waals surface area contributed by atoms with Crippen LogP contribution in [0.3, 0.4) is 0 Å². The molecule has 0 unspecified atom stereocenters. The molecule has 6 rings (SSSR count). The summed E-state index contributed by atoms with van der Waals surface area (Å²) in [7, 11) is 0. The third-order valence-electron chi connectivity index (χ3n) is 10.8. The maximum atomic E-state index is 15.6. The maximum absolute atomic E-state index is 15.6. The molecule has 4 heterocycles. The van der Waals surface area contributed by atoms with E-state index in [1.165, 1.54) is 4.88 Å². The van der Waals surface area contributed by atoms with Crippen LogP contribution in [0, 0.1) is 5.82 Å². The fourth-order valence-electron chi connectivity index (χ4n) is 7.52. The van der Waals surface area contributed by atoms with Crippen LogP contribution in [0.5, 0.6) is 11.5 Å². The van der Waals surface area contributed by atoms with Crippen molar-refractivity contribution in [2.75, 3.05) is 84.1 Å². The predicted molar refractivity (Wildman–Crippen MR) is 209 cm³/mol. The van der Waals surface area contributed by atoms with E-state index in [1.54, 1.807) is 34.4 Å². The van der Waals surface area contributed by atoms with Crippen LogP contribution in [-0.4, -0.2) is 122 Å². The van der Waals surface area contributed by atoms with E-state index < -0.39 is 0 Å². The SMILES string of the molecule is CCc1cc(C(=O)N2CCOC3(CCN(Cc4cccc(CCOCCC(=O)N(CC)CCNCCc5ccc(O)c6c5OCC(=O)N6)c4F)CC3)C2)cs1. The second kappa shape index (κ2) is 19.2. The van der Waals surface area contributed by atoms with Crippen LogP contribution in [0.1, 0.15) is 65.0 Å². The molecule has 55 heavy (non-hydrogen) atoms. The summed E-state index contributed by atoms with van der Waals surface area (Å²) in [5.41, 5.74) is 2.85. The highest BCUT2D eigenvalue weighted by Gasteiger charge is 2.41. The lowest BCUT2D eigenvalue weighted by atomic mass is 9.89. The smallest absolute Gasteiger partial charge is 0.262 e. The molecule has 1 spiro atoms. The van der Waals surface area contributed by atoms with Gasteiger partial charge in [-0.15, -0.1) is 11.3 Å². The molecule has 2 fully saturated rings. The number of piperidine rings is 1. The van der Waals surface area contributed by atoms with Crippen molar-refractivity contribution >= 4 is 34.7 Å². The Morgan fingerprint density at radius 2 is 1.89 bits per heavy atom. The van der Waals surface area contributed by atoms with E-state index in [1.807, 2.05) is 35.4 Å². The first-order valence-electron chi connectivity index (χ1n) is 19.5. The number of carbonyl (C=O) groups is 3. The van der Waals surface area contributed by atoms with E-state index in [0.29, 0.717) is 94.4 Å². The van der Waals surface area contributed by atoms with Gasteiger partial charge in [-0.2, -0.15) is 0 Å². The lowest BCUT2D eigenvalue weighted by Crippen LogP contribution is -2.57. The van der Waals surface area contributed by atoms with E-state index in [4.69, 9.17) is 14.2 Å². The number of phenolic OH excluding ortho intramolecular Hbond substituents is 1. The molecule has 0 bridgehead atoms. The number of ether oxygens (including phenoxy) is 3. The van der Waals surface area contributed by atoms with Crippen LogP contribution in [0.15, 0.2) is 41.8 Å². The molecular formula is C41H54FN5O7S. The highest BCUT2D eigenvalue weighted by molar-refractivity contribution is 7.10.